The molecule has 0 bridgehead atoms. The minimum Gasteiger partial charge on any atom is -0.292 e. The van der Waals surface area contributed by atoms with Crippen molar-refractivity contribution in [1.82, 2.24) is 0 Å². The average molecular weight is 231 g/mol. The van der Waals surface area contributed by atoms with Crippen LogP contribution in [0.1, 0.15) is 21.3 Å². The monoisotopic (exact) mass is 230 g/mol. The van der Waals surface area contributed by atoms with E-state index in [2.05, 4.69) is 0 Å². The summed E-state index contributed by atoms with van der Waals surface area (Å²) in [5, 5.41) is -0.608. The molecule has 0 saturated carbocycles. The lowest BCUT2D eigenvalue weighted by Gasteiger charge is -2.08. The van der Waals surface area contributed by atoms with E-state index in [0.717, 1.165) is 5.56 Å². The molecule has 0 radical (unpaired) electrons. The summed E-state index contributed by atoms with van der Waals surface area (Å²) >= 11 is 6.14. The van der Waals surface area contributed by atoms with Gasteiger partial charge in [0.1, 0.15) is 5.38 Å². The van der Waals surface area contributed by atoms with E-state index in [1.54, 1.807) is 12.1 Å². The second kappa shape index (κ2) is 4.95. The van der Waals surface area contributed by atoms with E-state index >= 15 is 0 Å². The first-order valence-electron chi connectivity index (χ1n) is 5.07. The van der Waals surface area contributed by atoms with Crippen LogP contribution in [0.5, 0.6) is 0 Å². The van der Waals surface area contributed by atoms with Crippen LogP contribution < -0.4 is 0 Å². The van der Waals surface area contributed by atoms with Gasteiger partial charge in [0.2, 0.25) is 0 Å². The van der Waals surface area contributed by atoms with Crippen molar-refractivity contribution in [3.63, 3.8) is 0 Å². The van der Waals surface area contributed by atoms with Crippen molar-refractivity contribution in [2.45, 2.75) is 5.38 Å². The Morgan fingerprint density at radius 3 is 1.94 bits per heavy atom. The lowest BCUT2D eigenvalue weighted by molar-refractivity contribution is 0.0987. The van der Waals surface area contributed by atoms with Gasteiger partial charge in [-0.15, -0.1) is 11.6 Å². The zero-order valence-electron chi connectivity index (χ0n) is 8.64. The van der Waals surface area contributed by atoms with Crippen molar-refractivity contribution in [3.8, 4) is 0 Å². The average Bonchev–Trinajstić information content (AvgIpc) is 2.39. The van der Waals surface area contributed by atoms with Crippen LogP contribution >= 0.6 is 11.6 Å². The third kappa shape index (κ3) is 2.31. The van der Waals surface area contributed by atoms with E-state index < -0.39 is 5.38 Å². The second-order valence-electron chi connectivity index (χ2n) is 3.50. The number of carbonyl (C=O) groups excluding carboxylic acids is 1. The molecule has 1 nitrogen and oxygen atoms in total. The van der Waals surface area contributed by atoms with Gasteiger partial charge in [0.15, 0.2) is 5.78 Å². The third-order valence-corrected chi connectivity index (χ3v) is 2.83. The van der Waals surface area contributed by atoms with Gasteiger partial charge in [-0.05, 0) is 5.56 Å². The number of rotatable bonds is 3. The molecule has 0 amide bonds. The highest BCUT2D eigenvalue weighted by Gasteiger charge is 2.18. The molecule has 2 aromatic carbocycles. The Bertz CT molecular complexity index is 465. The number of hydrogen-bond donors (Lipinski definition) is 0. The van der Waals surface area contributed by atoms with Crippen molar-refractivity contribution >= 4 is 17.4 Å². The molecule has 0 spiro atoms. The summed E-state index contributed by atoms with van der Waals surface area (Å²) in [5.74, 6) is -0.0616. The van der Waals surface area contributed by atoms with Crippen molar-refractivity contribution in [2.75, 3.05) is 0 Å². The van der Waals surface area contributed by atoms with Crippen molar-refractivity contribution in [1.29, 1.82) is 0 Å². The van der Waals surface area contributed by atoms with Crippen molar-refractivity contribution < 1.29 is 4.79 Å². The van der Waals surface area contributed by atoms with Crippen LogP contribution in [0.25, 0.3) is 0 Å². The molecule has 0 aliphatic heterocycles. The maximum atomic E-state index is 12.0. The molecule has 2 heteroatoms. The Balaban J connectivity index is 2.24. The standard InChI is InChI=1S/C14H11ClO/c15-13(11-7-3-1-4-8-11)14(16)12-9-5-2-6-10-12/h1-10,13H/t13-/m1/s1. The minimum absolute atomic E-state index is 0.0616. The molecule has 2 rings (SSSR count). The van der Waals surface area contributed by atoms with Gasteiger partial charge in [-0.1, -0.05) is 60.7 Å². The van der Waals surface area contributed by atoms with E-state index in [1.807, 2.05) is 48.5 Å². The quantitative estimate of drug-likeness (QED) is 0.578. The maximum Gasteiger partial charge on any atom is 0.185 e. The molecule has 16 heavy (non-hydrogen) atoms. The van der Waals surface area contributed by atoms with Gasteiger partial charge in [-0.25, -0.2) is 0 Å². The number of halogens is 1. The van der Waals surface area contributed by atoms with Gasteiger partial charge in [-0.2, -0.15) is 0 Å². The Labute approximate surface area is 99.7 Å². The number of hydrogen-bond acceptors (Lipinski definition) is 1. The Morgan fingerprint density at radius 1 is 0.875 bits per heavy atom. The van der Waals surface area contributed by atoms with Gasteiger partial charge >= 0.3 is 0 Å². The lowest BCUT2D eigenvalue weighted by Crippen LogP contribution is -2.06. The molecule has 2 aromatic rings. The van der Waals surface area contributed by atoms with Crippen LogP contribution in [0.15, 0.2) is 60.7 Å². The molecule has 0 N–H and O–H groups in total. The smallest absolute Gasteiger partial charge is 0.185 e. The molecule has 0 saturated heterocycles. The second-order valence-corrected chi connectivity index (χ2v) is 3.94. The zero-order chi connectivity index (χ0) is 11.4. The normalized spacial score (nSPS) is 12.1. The fraction of sp³-hybridized carbons (Fsp3) is 0.0714. The molecular weight excluding hydrogens is 220 g/mol. The first kappa shape index (κ1) is 10.9. The summed E-state index contributed by atoms with van der Waals surface area (Å²) < 4.78 is 0. The van der Waals surface area contributed by atoms with Crippen LogP contribution in [0.4, 0.5) is 0 Å². The first-order chi connectivity index (χ1) is 7.79. The number of ketones is 1. The molecule has 80 valence electrons. The van der Waals surface area contributed by atoms with E-state index in [4.69, 9.17) is 11.6 Å². The van der Waals surface area contributed by atoms with Gasteiger partial charge in [0.05, 0.1) is 0 Å². The fourth-order valence-corrected chi connectivity index (χ4v) is 1.79. The van der Waals surface area contributed by atoms with Crippen LogP contribution in [-0.2, 0) is 0 Å². The summed E-state index contributed by atoms with van der Waals surface area (Å²) in [7, 11) is 0. The summed E-state index contributed by atoms with van der Waals surface area (Å²) in [6.45, 7) is 0. The van der Waals surface area contributed by atoms with Crippen molar-refractivity contribution in [3.05, 3.63) is 71.8 Å². The Hall–Kier alpha value is -1.60. The predicted octanol–water partition coefficient (Wildman–Crippen LogP) is 3.85. The Kier molecular flexibility index (Phi) is 3.37. The predicted molar refractivity (Wildman–Crippen MR) is 65.8 cm³/mol. The number of Topliss-reactive ketones (excluding diaryl/α,β-unsaturated/α-hetero) is 1. The summed E-state index contributed by atoms with van der Waals surface area (Å²) in [6.07, 6.45) is 0. The van der Waals surface area contributed by atoms with Gasteiger partial charge < -0.3 is 0 Å². The summed E-state index contributed by atoms with van der Waals surface area (Å²) in [4.78, 5) is 12.0. The first-order valence-corrected chi connectivity index (χ1v) is 5.51. The number of alkyl halides is 1. The maximum absolute atomic E-state index is 12.0. The fourth-order valence-electron chi connectivity index (χ4n) is 1.52. The van der Waals surface area contributed by atoms with E-state index in [1.165, 1.54) is 0 Å². The number of benzene rings is 2. The summed E-state index contributed by atoms with van der Waals surface area (Å²) in [6, 6.07) is 18.5. The third-order valence-electron chi connectivity index (χ3n) is 2.38. The van der Waals surface area contributed by atoms with Gasteiger partial charge in [-0.3, -0.25) is 4.79 Å². The molecule has 0 heterocycles. The molecular formula is C14H11ClO. The highest BCUT2D eigenvalue weighted by atomic mass is 35.5. The van der Waals surface area contributed by atoms with Gasteiger partial charge in [0, 0.05) is 5.56 Å². The molecule has 1 atom stereocenters. The molecule has 0 unspecified atom stereocenters. The lowest BCUT2D eigenvalue weighted by atomic mass is 10.0. The Morgan fingerprint density at radius 2 is 1.38 bits per heavy atom. The van der Waals surface area contributed by atoms with Crippen LogP contribution in [0.2, 0.25) is 0 Å². The highest BCUT2D eigenvalue weighted by Crippen LogP contribution is 2.24. The minimum atomic E-state index is -0.608. The van der Waals surface area contributed by atoms with E-state index in [0.29, 0.717) is 5.56 Å². The van der Waals surface area contributed by atoms with Crippen LogP contribution in [0.3, 0.4) is 0 Å². The van der Waals surface area contributed by atoms with E-state index in [-0.39, 0.29) is 5.78 Å². The van der Waals surface area contributed by atoms with E-state index in [9.17, 15) is 4.79 Å². The van der Waals surface area contributed by atoms with Crippen LogP contribution in [0, 0.1) is 0 Å². The molecule has 0 fully saturated rings. The van der Waals surface area contributed by atoms with Crippen LogP contribution in [-0.4, -0.2) is 5.78 Å². The SMILES string of the molecule is O=C(c1ccccc1)[C@H](Cl)c1ccccc1. The van der Waals surface area contributed by atoms with Crippen molar-refractivity contribution in [2.24, 2.45) is 0 Å². The number of carbonyl (C=O) groups is 1. The highest BCUT2D eigenvalue weighted by molar-refractivity contribution is 6.33. The molecule has 0 aromatic heterocycles. The topological polar surface area (TPSA) is 17.1 Å². The zero-order valence-corrected chi connectivity index (χ0v) is 9.39. The summed E-state index contributed by atoms with van der Waals surface area (Å²) in [5.41, 5.74) is 1.48. The van der Waals surface area contributed by atoms with Gasteiger partial charge in [0.25, 0.3) is 0 Å². The molecule has 0 aliphatic rings. The molecule has 0 aliphatic carbocycles. The largest absolute Gasteiger partial charge is 0.292 e.